The van der Waals surface area contributed by atoms with E-state index < -0.39 is 0 Å². The normalized spacial score (nSPS) is 29.2. The third-order valence-electron chi connectivity index (χ3n) is 4.67. The molecule has 1 aliphatic carbocycles. The van der Waals surface area contributed by atoms with E-state index in [0.717, 1.165) is 23.1 Å². The molecule has 0 aromatic heterocycles. The average molecular weight is 282 g/mol. The number of nitrogens with two attached hydrogens (primary N) is 2. The van der Waals surface area contributed by atoms with Crippen LogP contribution in [-0.2, 0) is 0 Å². The molecule has 4 atom stereocenters. The fraction of sp³-hybridized carbons (Fsp3) is 0.600. The maximum absolute atomic E-state index is 6.09. The van der Waals surface area contributed by atoms with Crippen molar-refractivity contribution in [1.29, 1.82) is 0 Å². The fourth-order valence-corrected chi connectivity index (χ4v) is 3.38. The van der Waals surface area contributed by atoms with Gasteiger partial charge in [-0.3, -0.25) is 11.3 Å². The van der Waals surface area contributed by atoms with Gasteiger partial charge in [0.2, 0.25) is 0 Å². The monoisotopic (exact) mass is 281 g/mol. The molecule has 1 aliphatic rings. The lowest BCUT2D eigenvalue weighted by Gasteiger charge is -2.37. The van der Waals surface area contributed by atoms with E-state index in [0.29, 0.717) is 10.9 Å². The third-order valence-corrected chi connectivity index (χ3v) is 4.91. The molecule has 0 aliphatic heterocycles. The van der Waals surface area contributed by atoms with Crippen LogP contribution in [0.1, 0.15) is 44.7 Å². The highest BCUT2D eigenvalue weighted by atomic mass is 35.5. The summed E-state index contributed by atoms with van der Waals surface area (Å²) in [7, 11) is 0. The molecule has 0 bridgehead atoms. The van der Waals surface area contributed by atoms with Gasteiger partial charge in [0.25, 0.3) is 0 Å². The van der Waals surface area contributed by atoms with Gasteiger partial charge >= 0.3 is 0 Å². The molecule has 0 heterocycles. The number of hydrogen-bond acceptors (Lipinski definition) is 3. The van der Waals surface area contributed by atoms with Gasteiger partial charge in [-0.2, -0.15) is 0 Å². The summed E-state index contributed by atoms with van der Waals surface area (Å²) >= 11 is 5.96. The van der Waals surface area contributed by atoms with Crippen molar-refractivity contribution < 1.29 is 0 Å². The molecule has 1 fully saturated rings. The van der Waals surface area contributed by atoms with E-state index in [9.17, 15) is 0 Å². The summed E-state index contributed by atoms with van der Waals surface area (Å²) < 4.78 is 0. The second-order valence-corrected chi connectivity index (χ2v) is 6.38. The van der Waals surface area contributed by atoms with Crippen LogP contribution >= 0.6 is 11.6 Å². The number of nitrogens with one attached hydrogen (secondary N) is 1. The first-order chi connectivity index (χ1) is 9.02. The van der Waals surface area contributed by atoms with Gasteiger partial charge in [-0.05, 0) is 48.3 Å². The number of halogens is 1. The second kappa shape index (κ2) is 6.12. The highest BCUT2D eigenvalue weighted by Gasteiger charge is 2.31. The molecule has 1 aromatic carbocycles. The molecule has 2 rings (SSSR count). The number of benzene rings is 1. The lowest BCUT2D eigenvalue weighted by atomic mass is 9.72. The van der Waals surface area contributed by atoms with Gasteiger partial charge in [0.15, 0.2) is 0 Å². The van der Waals surface area contributed by atoms with E-state index in [1.165, 1.54) is 19.3 Å². The Morgan fingerprint density at radius 3 is 2.58 bits per heavy atom. The molecule has 1 saturated carbocycles. The van der Waals surface area contributed by atoms with Crippen molar-refractivity contribution in [2.24, 2.45) is 23.6 Å². The summed E-state index contributed by atoms with van der Waals surface area (Å²) in [5.41, 5.74) is 10.8. The minimum atomic E-state index is 0.118. The number of hydrazine groups is 1. The molecule has 0 amide bonds. The van der Waals surface area contributed by atoms with Gasteiger partial charge in [-0.25, -0.2) is 0 Å². The summed E-state index contributed by atoms with van der Waals surface area (Å²) in [4.78, 5) is 0. The molecule has 5 N–H and O–H groups in total. The number of nitrogen functional groups attached to an aromatic ring is 1. The zero-order valence-electron chi connectivity index (χ0n) is 11.7. The maximum atomic E-state index is 6.09. The van der Waals surface area contributed by atoms with Crippen LogP contribution in [0.4, 0.5) is 5.69 Å². The Hall–Kier alpha value is -0.770. The van der Waals surface area contributed by atoms with Crippen molar-refractivity contribution in [3.63, 3.8) is 0 Å². The van der Waals surface area contributed by atoms with E-state index in [-0.39, 0.29) is 6.04 Å². The van der Waals surface area contributed by atoms with E-state index >= 15 is 0 Å². The first kappa shape index (κ1) is 14.6. The molecule has 4 heteroatoms. The highest BCUT2D eigenvalue weighted by Crippen LogP contribution is 2.41. The van der Waals surface area contributed by atoms with Crippen molar-refractivity contribution in [2.45, 2.75) is 39.2 Å². The lowest BCUT2D eigenvalue weighted by molar-refractivity contribution is 0.171. The standard InChI is InChI=1S/C15H24ClN3/c1-9-3-4-11(7-10(9)2)15(19-18)13-6-5-12(16)8-14(13)17/h5-6,8-11,15,19H,3-4,7,17-18H2,1-2H3. The Labute approximate surface area is 120 Å². The Morgan fingerprint density at radius 2 is 2.00 bits per heavy atom. The molecule has 106 valence electrons. The first-order valence-corrected chi connectivity index (χ1v) is 7.41. The Morgan fingerprint density at radius 1 is 1.26 bits per heavy atom. The van der Waals surface area contributed by atoms with E-state index in [4.69, 9.17) is 23.2 Å². The molecule has 0 radical (unpaired) electrons. The molecule has 0 spiro atoms. The van der Waals surface area contributed by atoms with Crippen LogP contribution in [0.25, 0.3) is 0 Å². The van der Waals surface area contributed by atoms with Gasteiger partial charge in [-0.15, -0.1) is 0 Å². The van der Waals surface area contributed by atoms with Gasteiger partial charge in [0, 0.05) is 10.7 Å². The van der Waals surface area contributed by atoms with Crippen molar-refractivity contribution in [2.75, 3.05) is 5.73 Å². The number of hydrogen-bond donors (Lipinski definition) is 3. The minimum Gasteiger partial charge on any atom is -0.398 e. The topological polar surface area (TPSA) is 64.1 Å². The zero-order chi connectivity index (χ0) is 14.0. The van der Waals surface area contributed by atoms with Crippen LogP contribution in [-0.4, -0.2) is 0 Å². The Bertz CT molecular complexity index is 435. The first-order valence-electron chi connectivity index (χ1n) is 7.04. The summed E-state index contributed by atoms with van der Waals surface area (Å²) in [6, 6.07) is 5.79. The van der Waals surface area contributed by atoms with E-state index in [1.54, 1.807) is 6.07 Å². The van der Waals surface area contributed by atoms with Crippen LogP contribution in [0.2, 0.25) is 5.02 Å². The number of rotatable bonds is 3. The number of anilines is 1. The SMILES string of the molecule is CC1CCC(C(NN)c2ccc(Cl)cc2N)CC1C. The lowest BCUT2D eigenvalue weighted by Crippen LogP contribution is -2.37. The highest BCUT2D eigenvalue weighted by molar-refractivity contribution is 6.30. The van der Waals surface area contributed by atoms with E-state index in [1.807, 2.05) is 12.1 Å². The van der Waals surface area contributed by atoms with Gasteiger partial charge in [0.05, 0.1) is 6.04 Å². The van der Waals surface area contributed by atoms with Crippen LogP contribution in [0.15, 0.2) is 18.2 Å². The Balaban J connectivity index is 2.20. The van der Waals surface area contributed by atoms with Gasteiger partial charge in [0.1, 0.15) is 0 Å². The molecule has 19 heavy (non-hydrogen) atoms. The largest absolute Gasteiger partial charge is 0.398 e. The summed E-state index contributed by atoms with van der Waals surface area (Å²) in [5.74, 6) is 7.87. The molecular formula is C15H24ClN3. The smallest absolute Gasteiger partial charge is 0.0508 e. The van der Waals surface area contributed by atoms with Crippen LogP contribution < -0.4 is 17.0 Å². The molecular weight excluding hydrogens is 258 g/mol. The average Bonchev–Trinajstić information content (AvgIpc) is 2.37. The van der Waals surface area contributed by atoms with Gasteiger partial charge < -0.3 is 5.73 Å². The molecule has 0 saturated heterocycles. The van der Waals surface area contributed by atoms with Crippen molar-refractivity contribution in [3.05, 3.63) is 28.8 Å². The summed E-state index contributed by atoms with van der Waals surface area (Å²) in [5, 5.41) is 0.669. The van der Waals surface area contributed by atoms with Crippen LogP contribution in [0.5, 0.6) is 0 Å². The third kappa shape index (κ3) is 3.22. The maximum Gasteiger partial charge on any atom is 0.0508 e. The van der Waals surface area contributed by atoms with Crippen molar-refractivity contribution >= 4 is 17.3 Å². The summed E-state index contributed by atoms with van der Waals surface area (Å²) in [6.07, 6.45) is 3.65. The van der Waals surface area contributed by atoms with Crippen molar-refractivity contribution in [1.82, 2.24) is 5.43 Å². The Kier molecular flexibility index (Phi) is 4.71. The second-order valence-electron chi connectivity index (χ2n) is 5.95. The molecule has 3 nitrogen and oxygen atoms in total. The van der Waals surface area contributed by atoms with Crippen LogP contribution in [0, 0.1) is 17.8 Å². The zero-order valence-corrected chi connectivity index (χ0v) is 12.5. The summed E-state index contributed by atoms with van der Waals surface area (Å²) in [6.45, 7) is 4.66. The van der Waals surface area contributed by atoms with E-state index in [2.05, 4.69) is 19.3 Å². The van der Waals surface area contributed by atoms with Gasteiger partial charge in [-0.1, -0.05) is 37.9 Å². The molecule has 1 aromatic rings. The predicted octanol–water partition coefficient (Wildman–Crippen LogP) is 3.50. The quantitative estimate of drug-likeness (QED) is 0.451. The fourth-order valence-electron chi connectivity index (χ4n) is 3.20. The van der Waals surface area contributed by atoms with Crippen molar-refractivity contribution in [3.8, 4) is 0 Å². The molecule has 4 unspecified atom stereocenters. The van der Waals surface area contributed by atoms with Crippen LogP contribution in [0.3, 0.4) is 0 Å². The minimum absolute atomic E-state index is 0.118. The predicted molar refractivity (Wildman–Crippen MR) is 81.6 cm³/mol.